The van der Waals surface area contributed by atoms with Crippen LogP contribution in [0.2, 0.25) is 33.2 Å². The van der Waals surface area contributed by atoms with E-state index in [2.05, 4.69) is 83.1 Å². The second-order valence-corrected chi connectivity index (χ2v) is 24.8. The van der Waals surface area contributed by atoms with Gasteiger partial charge in [-0.15, -0.1) is 0 Å². The fourth-order valence-electron chi connectivity index (χ4n) is 7.71. The van der Waals surface area contributed by atoms with Gasteiger partial charge in [-0.05, 0) is 39.3 Å². The molecule has 0 amide bonds. The van der Waals surface area contributed by atoms with Crippen LogP contribution in [0.15, 0.2) is 12.3 Å². The van der Waals surface area contributed by atoms with Gasteiger partial charge >= 0.3 is 0 Å². The first-order valence-corrected chi connectivity index (χ1v) is 19.9. The minimum Gasteiger partial charge on any atom is -0.493 e. The molecule has 41 heavy (non-hydrogen) atoms. The minimum atomic E-state index is -2.28. The predicted molar refractivity (Wildman–Crippen MR) is 166 cm³/mol. The molecule has 11 heteroatoms. The van der Waals surface area contributed by atoms with E-state index in [0.29, 0.717) is 33.2 Å². The molecular formula is C30H60O9Si2. The molecule has 0 aliphatic carbocycles. The molecule has 242 valence electrons. The third kappa shape index (κ3) is 7.66. The Morgan fingerprint density at radius 3 is 1.44 bits per heavy atom. The Morgan fingerprint density at radius 2 is 1.02 bits per heavy atom. The zero-order valence-corrected chi connectivity index (χ0v) is 29.5. The van der Waals surface area contributed by atoms with Crippen molar-refractivity contribution in [2.45, 2.75) is 165 Å². The largest absolute Gasteiger partial charge is 0.493 e. The molecule has 2 heterocycles. The molecule has 2 aliphatic heterocycles. The Labute approximate surface area is 250 Å². The van der Waals surface area contributed by atoms with Crippen molar-refractivity contribution in [3.8, 4) is 0 Å². The Bertz CT molecular complexity index is 776. The van der Waals surface area contributed by atoms with E-state index in [1.54, 1.807) is 0 Å². The van der Waals surface area contributed by atoms with E-state index in [4.69, 9.17) is 23.1 Å². The molecule has 0 bridgehead atoms. The summed E-state index contributed by atoms with van der Waals surface area (Å²) in [5.74, 6) is 0. The zero-order valence-electron chi connectivity index (χ0n) is 27.5. The molecule has 8 atom stereocenters. The summed E-state index contributed by atoms with van der Waals surface area (Å²) in [6.07, 6.45) is -6.31. The van der Waals surface area contributed by atoms with E-state index in [0.717, 1.165) is 0 Å². The van der Waals surface area contributed by atoms with Gasteiger partial charge in [-0.2, -0.15) is 0 Å². The van der Waals surface area contributed by atoms with Crippen LogP contribution in [0.1, 0.15) is 83.1 Å². The van der Waals surface area contributed by atoms with E-state index in [1.165, 1.54) is 12.3 Å². The normalized spacial score (nSPS) is 31.8. The first-order chi connectivity index (χ1) is 18.9. The molecule has 4 N–H and O–H groups in total. The second-order valence-electron chi connectivity index (χ2n) is 13.9. The summed E-state index contributed by atoms with van der Waals surface area (Å²) < 4.78 is 31.5. The fourth-order valence-corrected chi connectivity index (χ4v) is 18.6. The molecule has 0 radical (unpaired) electrons. The van der Waals surface area contributed by atoms with Gasteiger partial charge in [-0.1, -0.05) is 83.1 Å². The number of rotatable bonds is 14. The van der Waals surface area contributed by atoms with Crippen LogP contribution in [0, 0.1) is 0 Å². The molecule has 0 spiro atoms. The van der Waals surface area contributed by atoms with Crippen LogP contribution in [-0.2, 0) is 23.1 Å². The number of hydrogen-bond acceptors (Lipinski definition) is 9. The molecule has 3 unspecified atom stereocenters. The number of ether oxygens (including phenoxy) is 3. The highest BCUT2D eigenvalue weighted by molar-refractivity contribution is 6.78. The topological polar surface area (TPSA) is 127 Å². The van der Waals surface area contributed by atoms with Gasteiger partial charge in [0.15, 0.2) is 14.6 Å². The number of aliphatic hydroxyl groups excluding tert-OH is 4. The number of aliphatic hydroxyl groups is 4. The van der Waals surface area contributed by atoms with Gasteiger partial charge in [0.1, 0.15) is 42.7 Å². The van der Waals surface area contributed by atoms with E-state index in [-0.39, 0.29) is 13.2 Å². The fraction of sp³-hybridized carbons (Fsp3) is 0.933. The maximum absolute atomic E-state index is 10.9. The van der Waals surface area contributed by atoms with Crippen molar-refractivity contribution in [3.63, 3.8) is 0 Å². The molecule has 1 fully saturated rings. The summed E-state index contributed by atoms with van der Waals surface area (Å²) in [7, 11) is -4.51. The lowest BCUT2D eigenvalue weighted by Crippen LogP contribution is -2.62. The average molecular weight is 621 g/mol. The van der Waals surface area contributed by atoms with Crippen molar-refractivity contribution in [2.24, 2.45) is 0 Å². The van der Waals surface area contributed by atoms with Crippen LogP contribution in [0.3, 0.4) is 0 Å². The van der Waals surface area contributed by atoms with Gasteiger partial charge in [0, 0.05) is 0 Å². The standard InChI is InChI=1S/C30H60O9Si2/c1-17(2)40(18(3)4,19(5)6)36-15-24-26(32)27(33)28(34)30(38-24)39-29-23(31)13-14-35-25(29)16-37-41(20(7)8,21(9)10)22(11)12/h13-14,17-34H,15-16H2,1-12H3/t23-,24?,25?,26+,27+,28?,29+,30+/m1/s1. The Morgan fingerprint density at radius 1 is 0.610 bits per heavy atom. The van der Waals surface area contributed by atoms with Crippen LogP contribution in [0.5, 0.6) is 0 Å². The van der Waals surface area contributed by atoms with Crippen LogP contribution in [-0.4, -0.2) is 99.3 Å². The van der Waals surface area contributed by atoms with Crippen LogP contribution < -0.4 is 0 Å². The lowest BCUT2D eigenvalue weighted by molar-refractivity contribution is -0.323. The summed E-state index contributed by atoms with van der Waals surface area (Å²) >= 11 is 0. The first-order valence-electron chi connectivity index (χ1n) is 15.6. The van der Waals surface area contributed by atoms with Crippen LogP contribution in [0.25, 0.3) is 0 Å². The predicted octanol–water partition coefficient (Wildman–Crippen LogP) is 4.84. The Hall–Kier alpha value is -0.346. The summed E-state index contributed by atoms with van der Waals surface area (Å²) in [6.45, 7) is 26.5. The number of hydrogen-bond donors (Lipinski definition) is 4. The van der Waals surface area contributed by atoms with Gasteiger partial charge in [0.05, 0.1) is 19.5 Å². The third-order valence-electron chi connectivity index (χ3n) is 9.60. The molecule has 9 nitrogen and oxygen atoms in total. The smallest absolute Gasteiger partial charge is 0.200 e. The van der Waals surface area contributed by atoms with Crippen LogP contribution in [0.4, 0.5) is 0 Å². The Balaban J connectivity index is 2.25. The van der Waals surface area contributed by atoms with Crippen molar-refractivity contribution < 1.29 is 43.5 Å². The highest BCUT2D eigenvalue weighted by Gasteiger charge is 2.51. The van der Waals surface area contributed by atoms with Gasteiger partial charge in [0.2, 0.25) is 8.32 Å². The molecule has 2 aliphatic rings. The van der Waals surface area contributed by atoms with Crippen molar-refractivity contribution in [1.29, 1.82) is 0 Å². The summed E-state index contributed by atoms with van der Waals surface area (Å²) in [4.78, 5) is 0. The van der Waals surface area contributed by atoms with Crippen molar-refractivity contribution >= 4 is 16.6 Å². The van der Waals surface area contributed by atoms with E-state index < -0.39 is 65.7 Å². The molecule has 0 aromatic carbocycles. The maximum Gasteiger partial charge on any atom is 0.200 e. The van der Waals surface area contributed by atoms with Crippen molar-refractivity contribution in [2.75, 3.05) is 13.2 Å². The maximum atomic E-state index is 10.9. The SMILES string of the molecule is CC(C)[Si](OCC1OC=C[C@@H](O)[C@@H]1O[C@@H]1OC(CO[Si](C(C)C)(C(C)C)C(C)C)[C@H](O)[C@H](O)C1O)(C(C)C)C(C)C. The van der Waals surface area contributed by atoms with E-state index in [9.17, 15) is 20.4 Å². The van der Waals surface area contributed by atoms with E-state index >= 15 is 0 Å². The minimum absolute atomic E-state index is 0.0625. The monoisotopic (exact) mass is 620 g/mol. The average Bonchev–Trinajstić information content (AvgIpc) is 2.86. The third-order valence-corrected chi connectivity index (χ3v) is 21.8. The quantitative estimate of drug-likeness (QED) is 0.202. The molecular weight excluding hydrogens is 560 g/mol. The molecule has 2 rings (SSSR count). The van der Waals surface area contributed by atoms with Gasteiger partial charge in [-0.3, -0.25) is 0 Å². The van der Waals surface area contributed by atoms with Crippen molar-refractivity contribution in [3.05, 3.63) is 12.3 Å². The van der Waals surface area contributed by atoms with Crippen LogP contribution >= 0.6 is 0 Å². The molecule has 0 aromatic heterocycles. The van der Waals surface area contributed by atoms with E-state index in [1.807, 2.05) is 0 Å². The molecule has 0 aromatic rings. The highest BCUT2D eigenvalue weighted by Crippen LogP contribution is 2.44. The first kappa shape index (κ1) is 36.8. The lowest BCUT2D eigenvalue weighted by Gasteiger charge is -2.47. The van der Waals surface area contributed by atoms with Gasteiger partial charge < -0.3 is 43.5 Å². The summed E-state index contributed by atoms with van der Waals surface area (Å²) in [5.41, 5.74) is 2.07. The summed E-state index contributed by atoms with van der Waals surface area (Å²) in [5, 5.41) is 43.3. The zero-order chi connectivity index (χ0) is 31.4. The van der Waals surface area contributed by atoms with Crippen molar-refractivity contribution in [1.82, 2.24) is 0 Å². The Kier molecular flexibility index (Phi) is 13.6. The van der Waals surface area contributed by atoms with Gasteiger partial charge in [-0.25, -0.2) is 0 Å². The molecule has 1 saturated heterocycles. The summed E-state index contributed by atoms with van der Waals surface area (Å²) in [6, 6.07) is 0. The lowest BCUT2D eigenvalue weighted by atomic mass is 9.99. The highest BCUT2D eigenvalue weighted by atomic mass is 28.4. The second kappa shape index (κ2) is 15.1. The van der Waals surface area contributed by atoms with Gasteiger partial charge in [0.25, 0.3) is 0 Å². The molecule has 0 saturated carbocycles.